The molecule has 14 aromatic rings. The van der Waals surface area contributed by atoms with Gasteiger partial charge in [-0.1, -0.05) is 237 Å². The lowest BCUT2D eigenvalue weighted by Crippen LogP contribution is -2.02. The van der Waals surface area contributed by atoms with Crippen LogP contribution in [0.25, 0.3) is 134 Å². The highest BCUT2D eigenvalue weighted by molar-refractivity contribution is 6.00. The Morgan fingerprint density at radius 1 is 0.237 bits per heavy atom. The van der Waals surface area contributed by atoms with Crippen molar-refractivity contribution in [3.05, 3.63) is 285 Å². The van der Waals surface area contributed by atoms with Crippen LogP contribution in [0.15, 0.2) is 285 Å². The predicted octanol–water partition coefficient (Wildman–Crippen LogP) is 18.2. The van der Waals surface area contributed by atoms with E-state index in [4.69, 9.17) is 15.0 Å². The van der Waals surface area contributed by atoms with Crippen LogP contribution >= 0.6 is 0 Å². The van der Waals surface area contributed by atoms with Crippen molar-refractivity contribution in [3.63, 3.8) is 0 Å². The molecule has 0 amide bonds. The second kappa shape index (κ2) is 19.0. The first kappa shape index (κ1) is 44.5. The van der Waals surface area contributed by atoms with Crippen molar-refractivity contribution >= 4 is 27.8 Å². The van der Waals surface area contributed by atoms with Crippen LogP contribution in [0.5, 0.6) is 0 Å². The van der Waals surface area contributed by atoms with Crippen molar-refractivity contribution in [2.75, 3.05) is 0 Å². The van der Waals surface area contributed by atoms with Gasteiger partial charge in [0.1, 0.15) is 0 Å². The third-order valence-corrected chi connectivity index (χ3v) is 14.6. The summed E-state index contributed by atoms with van der Waals surface area (Å²) in [5.41, 5.74) is 23.3. The molecule has 0 N–H and O–H groups in total. The number of benzene rings is 11. The van der Waals surface area contributed by atoms with Crippen molar-refractivity contribution in [1.29, 1.82) is 0 Å². The Bertz CT molecular complexity index is 4280. The maximum atomic E-state index is 5.63. The van der Waals surface area contributed by atoms with Gasteiger partial charge in [-0.05, 0) is 104 Å². The Morgan fingerprint density at radius 3 is 1.18 bits per heavy atom. The summed E-state index contributed by atoms with van der Waals surface area (Å²) in [6, 6.07) is 101. The highest BCUT2D eigenvalue weighted by atomic mass is 15.2. The number of imidazole rings is 2. The molecule has 76 heavy (non-hydrogen) atoms. The first-order valence-corrected chi connectivity index (χ1v) is 25.8. The minimum absolute atomic E-state index is 0.667. The maximum Gasteiger partial charge on any atom is 0.220 e. The fourth-order valence-electron chi connectivity index (χ4n) is 10.9. The van der Waals surface area contributed by atoms with Crippen molar-refractivity contribution in [1.82, 2.24) is 23.9 Å². The molecule has 3 heterocycles. The molecule has 0 aliphatic carbocycles. The Labute approximate surface area is 441 Å². The Morgan fingerprint density at radius 2 is 0.658 bits per heavy atom. The number of hydrogen-bond donors (Lipinski definition) is 0. The summed E-state index contributed by atoms with van der Waals surface area (Å²) in [7, 11) is 0. The zero-order valence-corrected chi connectivity index (χ0v) is 41.4. The fourth-order valence-corrected chi connectivity index (χ4v) is 10.9. The van der Waals surface area contributed by atoms with Gasteiger partial charge in [0.05, 0.1) is 39.1 Å². The van der Waals surface area contributed by atoms with Gasteiger partial charge in [0, 0.05) is 27.8 Å². The molecule has 0 aliphatic rings. The summed E-state index contributed by atoms with van der Waals surface area (Å²) < 4.78 is 4.78. The lowest BCUT2D eigenvalue weighted by Gasteiger charge is -2.20. The van der Waals surface area contributed by atoms with Gasteiger partial charge in [-0.3, -0.25) is 8.97 Å². The minimum Gasteiger partial charge on any atom is -0.277 e. The van der Waals surface area contributed by atoms with Crippen LogP contribution in [0.1, 0.15) is 0 Å². The SMILES string of the molecule is c1ccc(-c2cc(-c3ccccc3)c(-n3c4ccc(-c5ccccc5)cc4n4c5cc(-c6ccc(-c7nc(-c8ccccc8)cc(-c8ccccc8)n7)cc6-c6ccccc6)ccc5nc34)c(-c3ccccc3)c2)cc1. The Hall–Kier alpha value is -10.2. The molecule has 0 saturated carbocycles. The van der Waals surface area contributed by atoms with E-state index in [0.717, 1.165) is 128 Å². The number of hydrogen-bond acceptors (Lipinski definition) is 3. The lowest BCUT2D eigenvalue weighted by molar-refractivity contribution is 1.11. The first-order valence-electron chi connectivity index (χ1n) is 25.8. The zero-order valence-electron chi connectivity index (χ0n) is 41.4. The van der Waals surface area contributed by atoms with Crippen molar-refractivity contribution < 1.29 is 0 Å². The number of rotatable bonds is 10. The maximum absolute atomic E-state index is 5.63. The summed E-state index contributed by atoms with van der Waals surface area (Å²) in [6.07, 6.45) is 0. The standard InChI is InChI=1S/C71H47N5/c1-8-22-48(23-9-1)55-38-41-66-68(45-55)75-67-46-56(59-39-36-57(42-60(59)50-26-12-3-13-27-50)70-72-64(53-32-18-6-19-33-53)47-65(73-70)54-34-20-7-21-35-54)37-40-63(67)74-71(75)76(66)69-61(51-28-14-4-15-29-51)43-58(49-24-10-2-11-25-49)44-62(69)52-30-16-5-17-31-52/h1-47H. The quantitative estimate of drug-likeness (QED) is 0.137. The zero-order chi connectivity index (χ0) is 50.4. The molecular formula is C71H47N5. The molecule has 0 radical (unpaired) electrons. The summed E-state index contributed by atoms with van der Waals surface area (Å²) in [6.45, 7) is 0. The lowest BCUT2D eigenvalue weighted by atomic mass is 9.90. The van der Waals surface area contributed by atoms with Gasteiger partial charge in [-0.25, -0.2) is 15.0 Å². The third-order valence-electron chi connectivity index (χ3n) is 14.6. The molecule has 14 rings (SSSR count). The van der Waals surface area contributed by atoms with Crippen LogP contribution in [0, 0.1) is 0 Å². The molecular weight excluding hydrogens is 923 g/mol. The highest BCUT2D eigenvalue weighted by Gasteiger charge is 2.25. The van der Waals surface area contributed by atoms with E-state index in [1.54, 1.807) is 0 Å². The summed E-state index contributed by atoms with van der Waals surface area (Å²) in [5.74, 6) is 1.50. The largest absolute Gasteiger partial charge is 0.277 e. The topological polar surface area (TPSA) is 48.0 Å². The van der Waals surface area contributed by atoms with Crippen LogP contribution < -0.4 is 0 Å². The average molecular weight is 970 g/mol. The molecule has 0 saturated heterocycles. The third kappa shape index (κ3) is 8.04. The predicted molar refractivity (Wildman–Crippen MR) is 314 cm³/mol. The molecule has 3 aromatic heterocycles. The molecule has 5 nitrogen and oxygen atoms in total. The van der Waals surface area contributed by atoms with E-state index in [2.05, 4.69) is 282 Å². The van der Waals surface area contributed by atoms with E-state index in [9.17, 15) is 0 Å². The fraction of sp³-hybridized carbons (Fsp3) is 0. The molecule has 0 unspecified atom stereocenters. The second-order valence-electron chi connectivity index (χ2n) is 19.2. The van der Waals surface area contributed by atoms with E-state index in [1.807, 2.05) is 12.1 Å². The molecule has 5 heteroatoms. The molecule has 0 spiro atoms. The van der Waals surface area contributed by atoms with Gasteiger partial charge in [0.2, 0.25) is 5.78 Å². The minimum atomic E-state index is 0.667. The van der Waals surface area contributed by atoms with Gasteiger partial charge in [-0.2, -0.15) is 0 Å². The molecule has 0 aliphatic heterocycles. The smallest absolute Gasteiger partial charge is 0.220 e. The summed E-state index contributed by atoms with van der Waals surface area (Å²) in [5, 5.41) is 0. The van der Waals surface area contributed by atoms with E-state index >= 15 is 0 Å². The summed E-state index contributed by atoms with van der Waals surface area (Å²) in [4.78, 5) is 16.1. The van der Waals surface area contributed by atoms with Crippen LogP contribution in [0.4, 0.5) is 0 Å². The van der Waals surface area contributed by atoms with E-state index in [0.29, 0.717) is 5.82 Å². The monoisotopic (exact) mass is 969 g/mol. The van der Waals surface area contributed by atoms with E-state index < -0.39 is 0 Å². The van der Waals surface area contributed by atoms with Gasteiger partial charge in [0.15, 0.2) is 5.82 Å². The van der Waals surface area contributed by atoms with Gasteiger partial charge < -0.3 is 0 Å². The van der Waals surface area contributed by atoms with Crippen molar-refractivity contribution in [3.8, 4) is 106 Å². The van der Waals surface area contributed by atoms with Crippen molar-refractivity contribution in [2.45, 2.75) is 0 Å². The van der Waals surface area contributed by atoms with Crippen LogP contribution in [-0.2, 0) is 0 Å². The second-order valence-corrected chi connectivity index (χ2v) is 19.2. The van der Waals surface area contributed by atoms with E-state index in [-0.39, 0.29) is 0 Å². The molecule has 0 bridgehead atoms. The van der Waals surface area contributed by atoms with Gasteiger partial charge >= 0.3 is 0 Å². The highest BCUT2D eigenvalue weighted by Crippen LogP contribution is 2.45. The number of nitrogens with zero attached hydrogens (tertiary/aromatic N) is 5. The average Bonchev–Trinajstić information content (AvgIpc) is 4.09. The van der Waals surface area contributed by atoms with Crippen LogP contribution in [0.3, 0.4) is 0 Å². The molecule has 11 aromatic carbocycles. The Balaban J connectivity index is 1.02. The van der Waals surface area contributed by atoms with Crippen LogP contribution in [0.2, 0.25) is 0 Å². The number of fused-ring (bicyclic) bond motifs is 5. The summed E-state index contributed by atoms with van der Waals surface area (Å²) >= 11 is 0. The van der Waals surface area contributed by atoms with Gasteiger partial charge in [-0.15, -0.1) is 0 Å². The van der Waals surface area contributed by atoms with Gasteiger partial charge in [0.25, 0.3) is 0 Å². The van der Waals surface area contributed by atoms with Crippen molar-refractivity contribution in [2.24, 2.45) is 0 Å². The van der Waals surface area contributed by atoms with E-state index in [1.165, 1.54) is 0 Å². The Kier molecular flexibility index (Phi) is 11.1. The molecule has 0 atom stereocenters. The van der Waals surface area contributed by atoms with Crippen LogP contribution in [-0.4, -0.2) is 23.9 Å². The first-order chi connectivity index (χ1) is 37.7. The normalized spacial score (nSPS) is 11.4. The number of aromatic nitrogens is 5. The molecule has 0 fully saturated rings. The molecule has 356 valence electrons.